The van der Waals surface area contributed by atoms with Crippen LogP contribution >= 0.6 is 0 Å². The lowest BCUT2D eigenvalue weighted by molar-refractivity contribution is -0.0168. The molecule has 0 radical (unpaired) electrons. The molecule has 5 nitrogen and oxygen atoms in total. The van der Waals surface area contributed by atoms with Crippen molar-refractivity contribution in [2.45, 2.75) is 38.3 Å². The molecular weight excluding hydrogens is 376 g/mol. The predicted octanol–water partition coefficient (Wildman–Crippen LogP) is 3.73. The Balaban J connectivity index is 1.45. The lowest BCUT2D eigenvalue weighted by Crippen LogP contribution is -2.37. The monoisotopic (exact) mass is 412 g/mol. The molecule has 0 spiro atoms. The standard InChI is InChI=1S/C25H36N2O3/c1-21-5-9-24(10-6-21)30-20-25(28)13-4-15-27(16-14-25)19-22-7-11-23(12-8-22)29-18-17-26(2)3/h5-12,28H,4,13-20H2,1-3H3/t25-/m1/s1. The van der Waals surface area contributed by atoms with E-state index in [1.165, 1.54) is 11.1 Å². The number of hydrogen-bond acceptors (Lipinski definition) is 5. The smallest absolute Gasteiger partial charge is 0.119 e. The maximum absolute atomic E-state index is 11.0. The zero-order valence-corrected chi connectivity index (χ0v) is 18.6. The Morgan fingerprint density at radius 3 is 2.30 bits per heavy atom. The van der Waals surface area contributed by atoms with E-state index in [0.717, 1.165) is 56.9 Å². The first-order valence-electron chi connectivity index (χ1n) is 10.9. The number of likely N-dealkylation sites (N-methyl/N-ethyl adjacent to an activating group) is 1. The molecule has 0 unspecified atom stereocenters. The van der Waals surface area contributed by atoms with Crippen LogP contribution in [0.25, 0.3) is 0 Å². The van der Waals surface area contributed by atoms with E-state index >= 15 is 0 Å². The number of likely N-dealkylation sites (tertiary alicyclic amines) is 1. The fraction of sp³-hybridized carbons (Fsp3) is 0.520. The maximum atomic E-state index is 11.0. The second-order valence-corrected chi connectivity index (χ2v) is 8.75. The van der Waals surface area contributed by atoms with Gasteiger partial charge in [-0.15, -0.1) is 0 Å². The normalized spacial score (nSPS) is 20.2. The second kappa shape index (κ2) is 10.8. The minimum atomic E-state index is -0.760. The molecule has 0 aliphatic carbocycles. The van der Waals surface area contributed by atoms with Crippen molar-refractivity contribution in [1.29, 1.82) is 0 Å². The molecule has 2 aromatic carbocycles. The second-order valence-electron chi connectivity index (χ2n) is 8.75. The van der Waals surface area contributed by atoms with Crippen LogP contribution < -0.4 is 9.47 Å². The van der Waals surface area contributed by atoms with E-state index < -0.39 is 5.60 Å². The number of hydrogen-bond donors (Lipinski definition) is 1. The average Bonchev–Trinajstić information content (AvgIpc) is 2.91. The summed E-state index contributed by atoms with van der Waals surface area (Å²) in [6, 6.07) is 16.4. The minimum absolute atomic E-state index is 0.350. The third kappa shape index (κ3) is 7.31. The summed E-state index contributed by atoms with van der Waals surface area (Å²) in [5, 5.41) is 11.0. The van der Waals surface area contributed by atoms with Gasteiger partial charge in [0, 0.05) is 19.6 Å². The van der Waals surface area contributed by atoms with Gasteiger partial charge < -0.3 is 19.5 Å². The Bertz CT molecular complexity index is 761. The highest BCUT2D eigenvalue weighted by molar-refractivity contribution is 5.27. The van der Waals surface area contributed by atoms with Crippen molar-refractivity contribution in [1.82, 2.24) is 9.80 Å². The van der Waals surface area contributed by atoms with E-state index in [2.05, 4.69) is 41.0 Å². The topological polar surface area (TPSA) is 45.2 Å². The van der Waals surface area contributed by atoms with Gasteiger partial charge in [0.25, 0.3) is 0 Å². The minimum Gasteiger partial charge on any atom is -0.492 e. The van der Waals surface area contributed by atoms with E-state index in [9.17, 15) is 5.11 Å². The molecule has 5 heteroatoms. The highest BCUT2D eigenvalue weighted by Gasteiger charge is 2.31. The van der Waals surface area contributed by atoms with Crippen LogP contribution in [-0.2, 0) is 6.54 Å². The number of aryl methyl sites for hydroxylation is 1. The first kappa shape index (κ1) is 22.6. The summed E-state index contributed by atoms with van der Waals surface area (Å²) >= 11 is 0. The van der Waals surface area contributed by atoms with Gasteiger partial charge >= 0.3 is 0 Å². The van der Waals surface area contributed by atoms with Crippen LogP contribution in [0.15, 0.2) is 48.5 Å². The maximum Gasteiger partial charge on any atom is 0.119 e. The van der Waals surface area contributed by atoms with Crippen LogP contribution in [0.3, 0.4) is 0 Å². The molecule has 1 aliphatic rings. The van der Waals surface area contributed by atoms with Crippen molar-refractivity contribution >= 4 is 0 Å². The van der Waals surface area contributed by atoms with Gasteiger partial charge in [-0.05, 0) is 76.7 Å². The fourth-order valence-electron chi connectivity index (χ4n) is 3.68. The largest absolute Gasteiger partial charge is 0.492 e. The third-order valence-corrected chi connectivity index (χ3v) is 5.68. The molecule has 2 aromatic rings. The summed E-state index contributed by atoms with van der Waals surface area (Å²) in [7, 11) is 4.09. The SMILES string of the molecule is Cc1ccc(OC[C@@]2(O)CCCN(Cc3ccc(OCCN(C)C)cc3)CC2)cc1. The van der Waals surface area contributed by atoms with Gasteiger partial charge in [-0.3, -0.25) is 4.90 Å². The van der Waals surface area contributed by atoms with E-state index in [0.29, 0.717) is 13.2 Å². The molecule has 1 N–H and O–H groups in total. The molecule has 0 saturated carbocycles. The number of rotatable bonds is 9. The third-order valence-electron chi connectivity index (χ3n) is 5.68. The van der Waals surface area contributed by atoms with Crippen LogP contribution in [0.4, 0.5) is 0 Å². The van der Waals surface area contributed by atoms with Gasteiger partial charge in [0.05, 0.1) is 5.60 Å². The molecular formula is C25H36N2O3. The summed E-state index contributed by atoms with van der Waals surface area (Å²) in [5.74, 6) is 1.74. The molecule has 1 fully saturated rings. The fourth-order valence-corrected chi connectivity index (χ4v) is 3.68. The van der Waals surface area contributed by atoms with Crippen molar-refractivity contribution in [2.24, 2.45) is 0 Å². The number of benzene rings is 2. The Labute approximate surface area is 181 Å². The van der Waals surface area contributed by atoms with Gasteiger partial charge in [-0.25, -0.2) is 0 Å². The highest BCUT2D eigenvalue weighted by Crippen LogP contribution is 2.25. The summed E-state index contributed by atoms with van der Waals surface area (Å²) in [6.45, 7) is 6.77. The van der Waals surface area contributed by atoms with Gasteiger partial charge in [0.1, 0.15) is 24.7 Å². The van der Waals surface area contributed by atoms with Crippen LogP contribution in [-0.4, -0.2) is 67.5 Å². The first-order chi connectivity index (χ1) is 14.4. The molecule has 0 amide bonds. The Kier molecular flexibility index (Phi) is 8.14. The Morgan fingerprint density at radius 2 is 1.60 bits per heavy atom. The number of nitrogens with zero attached hydrogens (tertiary/aromatic N) is 2. The summed E-state index contributed by atoms with van der Waals surface area (Å²) < 4.78 is 11.7. The lowest BCUT2D eigenvalue weighted by atomic mass is 9.96. The zero-order chi connectivity index (χ0) is 21.4. The summed E-state index contributed by atoms with van der Waals surface area (Å²) in [6.07, 6.45) is 2.47. The molecule has 1 aliphatic heterocycles. The zero-order valence-electron chi connectivity index (χ0n) is 18.6. The molecule has 1 heterocycles. The van der Waals surface area contributed by atoms with Gasteiger partial charge in [0.15, 0.2) is 0 Å². The molecule has 1 atom stereocenters. The molecule has 0 bridgehead atoms. The van der Waals surface area contributed by atoms with Crippen molar-refractivity contribution in [3.05, 3.63) is 59.7 Å². The summed E-state index contributed by atoms with van der Waals surface area (Å²) in [4.78, 5) is 4.53. The number of ether oxygens (including phenoxy) is 2. The van der Waals surface area contributed by atoms with Crippen LogP contribution in [0.5, 0.6) is 11.5 Å². The van der Waals surface area contributed by atoms with Crippen LogP contribution in [0, 0.1) is 6.92 Å². The van der Waals surface area contributed by atoms with Gasteiger partial charge in [-0.2, -0.15) is 0 Å². The van der Waals surface area contributed by atoms with E-state index in [1.54, 1.807) is 0 Å². The number of aliphatic hydroxyl groups is 1. The Morgan fingerprint density at radius 1 is 0.933 bits per heavy atom. The lowest BCUT2D eigenvalue weighted by Gasteiger charge is -2.27. The van der Waals surface area contributed by atoms with E-state index in [4.69, 9.17) is 9.47 Å². The van der Waals surface area contributed by atoms with Crippen molar-refractivity contribution in [3.63, 3.8) is 0 Å². The van der Waals surface area contributed by atoms with Gasteiger partial charge in [0.2, 0.25) is 0 Å². The molecule has 0 aromatic heterocycles. The van der Waals surface area contributed by atoms with Crippen molar-refractivity contribution < 1.29 is 14.6 Å². The average molecular weight is 413 g/mol. The highest BCUT2D eigenvalue weighted by atomic mass is 16.5. The molecule has 164 valence electrons. The molecule has 30 heavy (non-hydrogen) atoms. The van der Waals surface area contributed by atoms with Crippen LogP contribution in [0.2, 0.25) is 0 Å². The molecule has 3 rings (SSSR count). The first-order valence-corrected chi connectivity index (χ1v) is 10.9. The predicted molar refractivity (Wildman–Crippen MR) is 121 cm³/mol. The molecule has 1 saturated heterocycles. The van der Waals surface area contributed by atoms with Gasteiger partial charge in [-0.1, -0.05) is 29.8 Å². The van der Waals surface area contributed by atoms with E-state index in [1.807, 2.05) is 38.4 Å². The van der Waals surface area contributed by atoms with E-state index in [-0.39, 0.29) is 0 Å². The summed E-state index contributed by atoms with van der Waals surface area (Å²) in [5.41, 5.74) is 1.72. The van der Waals surface area contributed by atoms with Crippen molar-refractivity contribution in [3.8, 4) is 11.5 Å². The quantitative estimate of drug-likeness (QED) is 0.680. The Hall–Kier alpha value is -2.08. The van der Waals surface area contributed by atoms with Crippen molar-refractivity contribution in [2.75, 3.05) is 46.9 Å². The van der Waals surface area contributed by atoms with Crippen LogP contribution in [0.1, 0.15) is 30.4 Å².